The molecule has 1 aliphatic carbocycles. The van der Waals surface area contributed by atoms with Crippen molar-refractivity contribution in [1.82, 2.24) is 10.2 Å². The number of rotatable bonds is 8. The Balaban J connectivity index is 1.59. The highest BCUT2D eigenvalue weighted by Crippen LogP contribution is 2.45. The molecule has 4 nitrogen and oxygen atoms in total. The number of carbonyl (C=O) groups excluding carboxylic acids is 2. The summed E-state index contributed by atoms with van der Waals surface area (Å²) in [5, 5.41) is 3.29. The highest BCUT2D eigenvalue weighted by molar-refractivity contribution is 5.82. The highest BCUT2D eigenvalue weighted by atomic mass is 16.2. The Bertz CT molecular complexity index is 1000. The first-order valence-electron chi connectivity index (χ1n) is 12.9. The molecule has 2 amide bonds. The number of nitrogens with one attached hydrogen (secondary N) is 1. The summed E-state index contributed by atoms with van der Waals surface area (Å²) >= 11 is 0. The van der Waals surface area contributed by atoms with E-state index in [0.717, 1.165) is 48.9 Å². The van der Waals surface area contributed by atoms with Crippen molar-refractivity contribution in [2.45, 2.75) is 71.4 Å². The van der Waals surface area contributed by atoms with E-state index in [0.29, 0.717) is 6.42 Å². The molecule has 1 N–H and O–H groups in total. The lowest BCUT2D eigenvalue weighted by Gasteiger charge is -2.45. The quantitative estimate of drug-likeness (QED) is 0.486. The number of allylic oxidation sites excluding steroid dienone is 2. The van der Waals surface area contributed by atoms with E-state index in [1.807, 2.05) is 41.3 Å². The molecule has 0 saturated carbocycles. The number of likely N-dealkylation sites (tertiary alicyclic amines) is 1. The van der Waals surface area contributed by atoms with Crippen LogP contribution < -0.4 is 5.32 Å². The van der Waals surface area contributed by atoms with Gasteiger partial charge in [0, 0.05) is 24.0 Å². The van der Waals surface area contributed by atoms with Crippen LogP contribution in [0, 0.1) is 17.8 Å². The zero-order valence-corrected chi connectivity index (χ0v) is 20.7. The van der Waals surface area contributed by atoms with Crippen LogP contribution in [0.15, 0.2) is 72.4 Å². The number of hydrogen-bond donors (Lipinski definition) is 1. The second-order valence-electron chi connectivity index (χ2n) is 9.97. The summed E-state index contributed by atoms with van der Waals surface area (Å²) < 4.78 is 0. The first-order chi connectivity index (χ1) is 16.5. The summed E-state index contributed by atoms with van der Waals surface area (Å²) in [6, 6.07) is 20.4. The van der Waals surface area contributed by atoms with Crippen molar-refractivity contribution in [2.75, 3.05) is 0 Å². The van der Waals surface area contributed by atoms with Gasteiger partial charge in [-0.2, -0.15) is 0 Å². The maximum Gasteiger partial charge on any atom is 0.227 e. The summed E-state index contributed by atoms with van der Waals surface area (Å²) in [6.07, 6.45) is 7.65. The average Bonchev–Trinajstić information content (AvgIpc) is 2.87. The number of unbranched alkanes of at least 4 members (excludes halogenated alkanes) is 1. The fourth-order valence-corrected chi connectivity index (χ4v) is 5.67. The summed E-state index contributed by atoms with van der Waals surface area (Å²) in [5.74, 6) is 0.713. The number of nitrogens with zero attached hydrogens (tertiary/aromatic N) is 1. The van der Waals surface area contributed by atoms with Crippen molar-refractivity contribution in [2.24, 2.45) is 17.8 Å². The van der Waals surface area contributed by atoms with E-state index in [-0.39, 0.29) is 41.7 Å². The third-order valence-corrected chi connectivity index (χ3v) is 7.67. The van der Waals surface area contributed by atoms with Crippen molar-refractivity contribution in [3.05, 3.63) is 83.6 Å². The average molecular weight is 459 g/mol. The Morgan fingerprint density at radius 1 is 1.03 bits per heavy atom. The van der Waals surface area contributed by atoms with Gasteiger partial charge < -0.3 is 10.2 Å². The lowest BCUT2D eigenvalue weighted by atomic mass is 9.71. The number of fused-ring (bicyclic) bond motifs is 1. The molecule has 1 aliphatic heterocycles. The number of hydrogen-bond acceptors (Lipinski definition) is 2. The van der Waals surface area contributed by atoms with Gasteiger partial charge in [-0.3, -0.25) is 9.59 Å². The van der Waals surface area contributed by atoms with Crippen molar-refractivity contribution in [3.8, 4) is 0 Å². The summed E-state index contributed by atoms with van der Waals surface area (Å²) in [5.41, 5.74) is 3.42. The van der Waals surface area contributed by atoms with Gasteiger partial charge in [-0.25, -0.2) is 0 Å². The molecule has 5 atom stereocenters. The molecule has 2 aliphatic rings. The van der Waals surface area contributed by atoms with Crippen LogP contribution in [0.1, 0.15) is 82.5 Å². The fourth-order valence-electron chi connectivity index (χ4n) is 5.67. The third kappa shape index (κ3) is 5.27. The molecule has 180 valence electrons. The van der Waals surface area contributed by atoms with E-state index in [2.05, 4.69) is 56.4 Å². The Labute approximate surface area is 204 Å². The SMILES string of the molecule is CCCCC1C=C2C(CCC(=O)N2C(C)c2ccccc2)CC1C(=O)NC(C)c1ccccc1. The summed E-state index contributed by atoms with van der Waals surface area (Å²) in [7, 11) is 0. The highest BCUT2D eigenvalue weighted by Gasteiger charge is 2.42. The second kappa shape index (κ2) is 11.0. The van der Waals surface area contributed by atoms with Gasteiger partial charge in [0.15, 0.2) is 0 Å². The predicted molar refractivity (Wildman–Crippen MR) is 137 cm³/mol. The fraction of sp³-hybridized carbons (Fsp3) is 0.467. The van der Waals surface area contributed by atoms with Crippen LogP contribution in [-0.4, -0.2) is 16.7 Å². The van der Waals surface area contributed by atoms with E-state index < -0.39 is 0 Å². The molecule has 0 aromatic heterocycles. The Hall–Kier alpha value is -2.88. The standard InChI is InChI=1S/C30H38N2O2/c1-4-5-12-25-20-28-26(17-18-29(33)32(28)22(3)24-15-10-7-11-16-24)19-27(25)30(34)31-21(2)23-13-8-6-9-14-23/h6-11,13-16,20-22,25-27H,4-5,12,17-19H2,1-3H3,(H,31,34). The van der Waals surface area contributed by atoms with Crippen molar-refractivity contribution in [1.29, 1.82) is 0 Å². The van der Waals surface area contributed by atoms with E-state index in [4.69, 9.17) is 0 Å². The summed E-state index contributed by atoms with van der Waals surface area (Å²) in [6.45, 7) is 6.37. The van der Waals surface area contributed by atoms with Crippen LogP contribution in [0.4, 0.5) is 0 Å². The zero-order chi connectivity index (χ0) is 24.1. The number of amides is 2. The van der Waals surface area contributed by atoms with Crippen LogP contribution in [0.2, 0.25) is 0 Å². The normalized spacial score (nSPS) is 24.1. The zero-order valence-electron chi connectivity index (χ0n) is 20.7. The molecule has 1 fully saturated rings. The van der Waals surface area contributed by atoms with Crippen molar-refractivity contribution >= 4 is 11.8 Å². The van der Waals surface area contributed by atoms with Gasteiger partial charge in [-0.1, -0.05) is 86.5 Å². The van der Waals surface area contributed by atoms with Gasteiger partial charge in [0.25, 0.3) is 0 Å². The van der Waals surface area contributed by atoms with Crippen LogP contribution in [0.25, 0.3) is 0 Å². The number of piperidine rings is 1. The molecule has 0 bridgehead atoms. The Morgan fingerprint density at radius 3 is 2.32 bits per heavy atom. The Kier molecular flexibility index (Phi) is 7.87. The monoisotopic (exact) mass is 458 g/mol. The van der Waals surface area contributed by atoms with Gasteiger partial charge in [0.1, 0.15) is 0 Å². The first kappa shape index (κ1) is 24.3. The van der Waals surface area contributed by atoms with Gasteiger partial charge >= 0.3 is 0 Å². The molecular weight excluding hydrogens is 420 g/mol. The van der Waals surface area contributed by atoms with E-state index >= 15 is 0 Å². The largest absolute Gasteiger partial charge is 0.349 e. The molecule has 0 radical (unpaired) electrons. The Morgan fingerprint density at radius 2 is 1.68 bits per heavy atom. The molecule has 5 unspecified atom stereocenters. The lowest BCUT2D eigenvalue weighted by molar-refractivity contribution is -0.135. The smallest absolute Gasteiger partial charge is 0.227 e. The molecule has 2 aromatic rings. The minimum absolute atomic E-state index is 0.00180. The lowest BCUT2D eigenvalue weighted by Crippen LogP contribution is -2.46. The minimum Gasteiger partial charge on any atom is -0.349 e. The maximum atomic E-state index is 13.5. The van der Waals surface area contributed by atoms with Crippen LogP contribution in [-0.2, 0) is 9.59 Å². The van der Waals surface area contributed by atoms with Gasteiger partial charge in [0.2, 0.25) is 11.8 Å². The minimum atomic E-state index is -0.0476. The van der Waals surface area contributed by atoms with Crippen molar-refractivity contribution in [3.63, 3.8) is 0 Å². The van der Waals surface area contributed by atoms with Gasteiger partial charge in [-0.05, 0) is 50.2 Å². The molecule has 0 spiro atoms. The maximum absolute atomic E-state index is 13.5. The third-order valence-electron chi connectivity index (χ3n) is 7.67. The molecule has 2 aromatic carbocycles. The molecular formula is C30H38N2O2. The van der Waals surface area contributed by atoms with Crippen LogP contribution in [0.3, 0.4) is 0 Å². The number of carbonyl (C=O) groups is 2. The van der Waals surface area contributed by atoms with Gasteiger partial charge in [0.05, 0.1) is 12.1 Å². The van der Waals surface area contributed by atoms with Crippen LogP contribution >= 0.6 is 0 Å². The number of benzene rings is 2. The van der Waals surface area contributed by atoms with E-state index in [1.54, 1.807) is 0 Å². The molecule has 4 heteroatoms. The second-order valence-corrected chi connectivity index (χ2v) is 9.97. The van der Waals surface area contributed by atoms with Gasteiger partial charge in [-0.15, -0.1) is 0 Å². The topological polar surface area (TPSA) is 49.4 Å². The van der Waals surface area contributed by atoms with Crippen LogP contribution in [0.5, 0.6) is 0 Å². The van der Waals surface area contributed by atoms with Crippen molar-refractivity contribution < 1.29 is 9.59 Å². The molecule has 1 saturated heterocycles. The molecule has 4 rings (SSSR count). The van der Waals surface area contributed by atoms with E-state index in [1.165, 1.54) is 0 Å². The summed E-state index contributed by atoms with van der Waals surface area (Å²) in [4.78, 5) is 28.6. The van der Waals surface area contributed by atoms with E-state index in [9.17, 15) is 9.59 Å². The first-order valence-corrected chi connectivity index (χ1v) is 12.9. The predicted octanol–water partition coefficient (Wildman–Crippen LogP) is 6.57. The molecule has 34 heavy (non-hydrogen) atoms. The molecule has 1 heterocycles.